The van der Waals surface area contributed by atoms with Crippen molar-refractivity contribution in [2.24, 2.45) is 5.73 Å². The van der Waals surface area contributed by atoms with Gasteiger partial charge in [0.15, 0.2) is 6.10 Å². The summed E-state index contributed by atoms with van der Waals surface area (Å²) in [5, 5.41) is 18.3. The van der Waals surface area contributed by atoms with Crippen molar-refractivity contribution in [1.29, 1.82) is 0 Å². The van der Waals surface area contributed by atoms with Gasteiger partial charge < -0.3 is 26.8 Å². The van der Waals surface area contributed by atoms with Crippen LogP contribution in [0.4, 0.5) is 0 Å². The van der Waals surface area contributed by atoms with Crippen LogP contribution >= 0.6 is 0 Å². The minimum atomic E-state index is -3.49. The molecule has 11 nitrogen and oxygen atoms in total. The molecule has 0 aliphatic carbocycles. The van der Waals surface area contributed by atoms with E-state index in [2.05, 4.69) is 16.0 Å². The molecule has 0 bridgehead atoms. The number of primary amides is 1. The molecule has 0 saturated heterocycles. The average Bonchev–Trinajstić information content (AvgIpc) is 2.84. The first-order valence-electron chi connectivity index (χ1n) is 11.5. The highest BCUT2D eigenvalue weighted by atomic mass is 32.2. The summed E-state index contributed by atoms with van der Waals surface area (Å²) in [6.07, 6.45) is -1.60. The number of carbonyl (C=O) groups is 4. The van der Waals surface area contributed by atoms with Crippen LogP contribution in [0.5, 0.6) is 0 Å². The van der Waals surface area contributed by atoms with Crippen LogP contribution in [0.2, 0.25) is 0 Å². The molecule has 0 spiro atoms. The second-order valence-electron chi connectivity index (χ2n) is 8.63. The van der Waals surface area contributed by atoms with Gasteiger partial charge in [-0.15, -0.1) is 0 Å². The van der Waals surface area contributed by atoms with Gasteiger partial charge in [-0.25, -0.2) is 8.42 Å². The molecule has 200 valence electrons. The monoisotopic (exact) mass is 532 g/mol. The highest BCUT2D eigenvalue weighted by molar-refractivity contribution is 7.90. The molecule has 0 aliphatic rings. The number of nitrogens with one attached hydrogen (secondary N) is 3. The number of nitrogens with two attached hydrogens (primary N) is 1. The first-order valence-corrected chi connectivity index (χ1v) is 13.6. The third kappa shape index (κ3) is 11.2. The number of benzene rings is 2. The second-order valence-corrected chi connectivity index (χ2v) is 10.9. The number of sulfone groups is 1. The van der Waals surface area contributed by atoms with Crippen molar-refractivity contribution in [3.05, 3.63) is 71.8 Å². The molecule has 0 unspecified atom stereocenters. The lowest BCUT2D eigenvalue weighted by molar-refractivity contribution is -0.135. The highest BCUT2D eigenvalue weighted by Crippen LogP contribution is 2.09. The molecule has 0 radical (unpaired) electrons. The maximum absolute atomic E-state index is 13.1. The molecule has 2 aromatic rings. The van der Waals surface area contributed by atoms with E-state index in [1.807, 2.05) is 6.07 Å². The van der Waals surface area contributed by atoms with Crippen molar-refractivity contribution in [1.82, 2.24) is 16.0 Å². The lowest BCUT2D eigenvalue weighted by atomic mass is 9.99. The van der Waals surface area contributed by atoms with E-state index in [-0.39, 0.29) is 19.4 Å². The molecular weight excluding hydrogens is 500 g/mol. The van der Waals surface area contributed by atoms with E-state index in [1.54, 1.807) is 54.6 Å². The Labute approximate surface area is 215 Å². The Balaban J connectivity index is 2.20. The van der Waals surface area contributed by atoms with Crippen molar-refractivity contribution >= 4 is 33.5 Å². The zero-order valence-corrected chi connectivity index (χ0v) is 21.2. The number of hydrogen-bond acceptors (Lipinski definition) is 7. The van der Waals surface area contributed by atoms with Crippen molar-refractivity contribution in [2.45, 2.75) is 44.0 Å². The second kappa shape index (κ2) is 14.1. The largest absolute Gasteiger partial charge is 0.381 e. The quantitative estimate of drug-likeness (QED) is 0.197. The first kappa shape index (κ1) is 29.5. The lowest BCUT2D eigenvalue weighted by Crippen LogP contribution is -2.56. The fraction of sp³-hybridized carbons (Fsp3) is 0.360. The number of aliphatic hydroxyl groups is 1. The molecule has 3 atom stereocenters. The molecule has 0 heterocycles. The molecular formula is C25H32N4O7S. The van der Waals surface area contributed by atoms with Crippen molar-refractivity contribution in [3.8, 4) is 0 Å². The maximum atomic E-state index is 13.1. The SMILES string of the molecule is CS(=O)(=O)CC[C@H](NC(=O)CC(N)=O)C(=O)N[C@@H](Cc1ccccc1)[C@H](O)C(=O)NCc1ccccc1. The van der Waals surface area contributed by atoms with Crippen LogP contribution in [0.1, 0.15) is 24.0 Å². The molecule has 2 aromatic carbocycles. The van der Waals surface area contributed by atoms with Gasteiger partial charge in [0.25, 0.3) is 5.91 Å². The molecule has 0 fully saturated rings. The van der Waals surface area contributed by atoms with E-state index < -0.39 is 63.8 Å². The summed E-state index contributed by atoms with van der Waals surface area (Å²) in [6, 6.07) is 15.4. The number of aliphatic hydroxyl groups excluding tert-OH is 1. The van der Waals surface area contributed by atoms with Gasteiger partial charge in [-0.05, 0) is 24.0 Å². The summed E-state index contributed by atoms with van der Waals surface area (Å²) in [4.78, 5) is 49.0. The fourth-order valence-corrected chi connectivity index (χ4v) is 4.13. The Bertz CT molecular complexity index is 1170. The maximum Gasteiger partial charge on any atom is 0.251 e. The van der Waals surface area contributed by atoms with Crippen LogP contribution in [0.25, 0.3) is 0 Å². The Kier molecular flexibility index (Phi) is 11.2. The van der Waals surface area contributed by atoms with Gasteiger partial charge in [-0.3, -0.25) is 19.2 Å². The number of rotatable bonds is 14. The standard InChI is InChI=1S/C25H32N4O7S/c1-37(35,36)13-12-19(28-22(31)15-21(26)30)24(33)29-20(14-17-8-4-2-5-9-17)23(32)25(34)27-16-18-10-6-3-7-11-18/h2-11,19-20,23,32H,12-16H2,1H3,(H2,26,30)(H,27,34)(H,28,31)(H,29,33)/t19-,20-,23-/m0/s1. The number of amides is 4. The van der Waals surface area contributed by atoms with Crippen molar-refractivity contribution < 1.29 is 32.7 Å². The van der Waals surface area contributed by atoms with Crippen LogP contribution in [0.3, 0.4) is 0 Å². The van der Waals surface area contributed by atoms with Gasteiger partial charge in [0.05, 0.1) is 11.8 Å². The molecule has 2 rings (SSSR count). The minimum Gasteiger partial charge on any atom is -0.381 e. The normalized spacial score (nSPS) is 13.6. The van der Waals surface area contributed by atoms with Crippen LogP contribution < -0.4 is 21.7 Å². The third-order valence-electron chi connectivity index (χ3n) is 5.35. The van der Waals surface area contributed by atoms with E-state index in [1.165, 1.54) is 0 Å². The van der Waals surface area contributed by atoms with Crippen LogP contribution in [-0.2, 0) is 42.0 Å². The Morgan fingerprint density at radius 3 is 2.00 bits per heavy atom. The zero-order valence-electron chi connectivity index (χ0n) is 20.4. The summed E-state index contributed by atoms with van der Waals surface area (Å²) in [7, 11) is -3.49. The molecule has 0 saturated carbocycles. The topological polar surface area (TPSA) is 185 Å². The van der Waals surface area contributed by atoms with E-state index in [4.69, 9.17) is 5.73 Å². The Morgan fingerprint density at radius 2 is 1.46 bits per heavy atom. The molecule has 4 amide bonds. The molecule has 0 aromatic heterocycles. The van der Waals surface area contributed by atoms with Gasteiger partial charge in [0.2, 0.25) is 17.7 Å². The van der Waals surface area contributed by atoms with Gasteiger partial charge in [0, 0.05) is 12.8 Å². The van der Waals surface area contributed by atoms with Crippen LogP contribution in [0, 0.1) is 0 Å². The zero-order chi connectivity index (χ0) is 27.4. The Hall–Kier alpha value is -3.77. The number of hydrogen-bond donors (Lipinski definition) is 5. The average molecular weight is 533 g/mol. The number of carbonyl (C=O) groups excluding carboxylic acids is 4. The summed E-state index contributed by atoms with van der Waals surface area (Å²) in [5.74, 6) is -3.76. The van der Waals surface area contributed by atoms with Gasteiger partial charge in [-0.1, -0.05) is 60.7 Å². The molecule has 37 heavy (non-hydrogen) atoms. The van der Waals surface area contributed by atoms with E-state index in [9.17, 15) is 32.7 Å². The van der Waals surface area contributed by atoms with Crippen molar-refractivity contribution in [2.75, 3.05) is 12.0 Å². The van der Waals surface area contributed by atoms with Crippen LogP contribution in [-0.4, -0.2) is 67.3 Å². The smallest absolute Gasteiger partial charge is 0.251 e. The van der Waals surface area contributed by atoms with Gasteiger partial charge in [0.1, 0.15) is 22.3 Å². The molecule has 12 heteroatoms. The predicted molar refractivity (Wildman–Crippen MR) is 136 cm³/mol. The summed E-state index contributed by atoms with van der Waals surface area (Å²) >= 11 is 0. The third-order valence-corrected chi connectivity index (χ3v) is 6.33. The van der Waals surface area contributed by atoms with Crippen molar-refractivity contribution in [3.63, 3.8) is 0 Å². The van der Waals surface area contributed by atoms with Crippen LogP contribution in [0.15, 0.2) is 60.7 Å². The summed E-state index contributed by atoms with van der Waals surface area (Å²) < 4.78 is 23.3. The first-order chi connectivity index (χ1) is 17.4. The highest BCUT2D eigenvalue weighted by Gasteiger charge is 2.31. The minimum absolute atomic E-state index is 0.0700. The van der Waals surface area contributed by atoms with E-state index in [0.29, 0.717) is 5.56 Å². The lowest BCUT2D eigenvalue weighted by Gasteiger charge is -2.26. The fourth-order valence-electron chi connectivity index (χ4n) is 3.47. The summed E-state index contributed by atoms with van der Waals surface area (Å²) in [6.45, 7) is 0.156. The van der Waals surface area contributed by atoms with Gasteiger partial charge >= 0.3 is 0 Å². The molecule has 6 N–H and O–H groups in total. The molecule has 0 aliphatic heterocycles. The van der Waals surface area contributed by atoms with E-state index >= 15 is 0 Å². The predicted octanol–water partition coefficient (Wildman–Crippen LogP) is -0.814. The Morgan fingerprint density at radius 1 is 0.892 bits per heavy atom. The van der Waals surface area contributed by atoms with E-state index in [0.717, 1.165) is 11.8 Å². The summed E-state index contributed by atoms with van der Waals surface area (Å²) in [5.41, 5.74) is 6.55. The van der Waals surface area contributed by atoms with Gasteiger partial charge in [-0.2, -0.15) is 0 Å².